The Morgan fingerprint density at radius 3 is 2.82 bits per heavy atom. The highest BCUT2D eigenvalue weighted by molar-refractivity contribution is 14.0. The lowest BCUT2D eigenvalue weighted by Crippen LogP contribution is -2.34. The zero-order chi connectivity index (χ0) is 15.5. The summed E-state index contributed by atoms with van der Waals surface area (Å²) in [5, 5.41) is 12.7. The molecule has 1 aromatic rings. The number of nitrogens with one attached hydrogen (secondary N) is 1. The number of rotatable bonds is 9. The maximum absolute atomic E-state index is 9.69. The second-order valence-corrected chi connectivity index (χ2v) is 5.31. The van der Waals surface area contributed by atoms with Crippen molar-refractivity contribution in [3.63, 3.8) is 0 Å². The number of aliphatic hydroxyl groups is 1. The first-order valence-corrected chi connectivity index (χ1v) is 7.27. The van der Waals surface area contributed by atoms with E-state index in [4.69, 9.17) is 10.5 Å². The van der Waals surface area contributed by atoms with E-state index in [1.54, 1.807) is 6.20 Å². The van der Waals surface area contributed by atoms with Crippen molar-refractivity contribution in [1.29, 1.82) is 0 Å². The predicted octanol–water partition coefficient (Wildman–Crippen LogP) is 1.18. The highest BCUT2D eigenvalue weighted by Gasteiger charge is 2.04. The van der Waals surface area contributed by atoms with Gasteiger partial charge >= 0.3 is 0 Å². The maximum Gasteiger partial charge on any atom is 0.188 e. The molecule has 0 bridgehead atoms. The number of aromatic nitrogens is 1. The number of ether oxygens (including phenoxy) is 1. The molecule has 1 rings (SSSR count). The third-order valence-corrected chi connectivity index (χ3v) is 2.65. The molecule has 0 saturated carbocycles. The van der Waals surface area contributed by atoms with Crippen LogP contribution in [0.4, 0.5) is 0 Å². The highest BCUT2D eigenvalue weighted by Crippen LogP contribution is 1.95. The average Bonchev–Trinajstić information content (AvgIpc) is 2.46. The van der Waals surface area contributed by atoms with Gasteiger partial charge in [-0.05, 0) is 18.1 Å². The first-order valence-electron chi connectivity index (χ1n) is 7.27. The van der Waals surface area contributed by atoms with Gasteiger partial charge in [-0.15, -0.1) is 24.0 Å². The van der Waals surface area contributed by atoms with Gasteiger partial charge in [0.1, 0.15) is 0 Å². The monoisotopic (exact) mass is 422 g/mol. The molecule has 1 atom stereocenters. The molecule has 7 heteroatoms. The maximum atomic E-state index is 9.69. The lowest BCUT2D eigenvalue weighted by molar-refractivity contribution is 0.0301. The normalized spacial score (nSPS) is 12.8. The van der Waals surface area contributed by atoms with E-state index < -0.39 is 6.10 Å². The van der Waals surface area contributed by atoms with Gasteiger partial charge in [0.05, 0.1) is 19.3 Å². The summed E-state index contributed by atoms with van der Waals surface area (Å²) in [6.45, 7) is 5.94. The smallest absolute Gasteiger partial charge is 0.188 e. The van der Waals surface area contributed by atoms with Crippen LogP contribution in [-0.2, 0) is 11.2 Å². The number of hydrogen-bond donors (Lipinski definition) is 3. The molecule has 22 heavy (non-hydrogen) atoms. The van der Waals surface area contributed by atoms with E-state index in [9.17, 15) is 5.11 Å². The van der Waals surface area contributed by atoms with Crippen molar-refractivity contribution in [2.75, 3.05) is 26.3 Å². The highest BCUT2D eigenvalue weighted by atomic mass is 127. The summed E-state index contributed by atoms with van der Waals surface area (Å²) in [6, 6.07) is 5.80. The van der Waals surface area contributed by atoms with Crippen LogP contribution in [0.15, 0.2) is 29.4 Å². The van der Waals surface area contributed by atoms with Crippen LogP contribution in [0, 0.1) is 5.92 Å². The predicted molar refractivity (Wildman–Crippen MR) is 99.5 cm³/mol. The quantitative estimate of drug-likeness (QED) is 0.316. The zero-order valence-corrected chi connectivity index (χ0v) is 15.6. The van der Waals surface area contributed by atoms with Gasteiger partial charge < -0.3 is 20.9 Å². The van der Waals surface area contributed by atoms with E-state index in [0.29, 0.717) is 25.0 Å². The Morgan fingerprint density at radius 1 is 1.41 bits per heavy atom. The first kappa shape index (κ1) is 21.1. The van der Waals surface area contributed by atoms with Crippen molar-refractivity contribution in [2.45, 2.75) is 26.4 Å². The number of aliphatic imine (C=N–C) groups is 1. The molecule has 0 spiro atoms. The summed E-state index contributed by atoms with van der Waals surface area (Å²) in [7, 11) is 0. The second-order valence-electron chi connectivity index (χ2n) is 5.31. The van der Waals surface area contributed by atoms with Crippen LogP contribution in [0.3, 0.4) is 0 Å². The largest absolute Gasteiger partial charge is 0.389 e. The van der Waals surface area contributed by atoms with Crippen molar-refractivity contribution in [2.24, 2.45) is 16.6 Å². The van der Waals surface area contributed by atoms with Crippen LogP contribution in [0.5, 0.6) is 0 Å². The number of hydrogen-bond acceptors (Lipinski definition) is 4. The lowest BCUT2D eigenvalue weighted by atomic mass is 10.2. The van der Waals surface area contributed by atoms with Crippen LogP contribution in [0.2, 0.25) is 0 Å². The van der Waals surface area contributed by atoms with Crippen molar-refractivity contribution in [3.8, 4) is 0 Å². The van der Waals surface area contributed by atoms with E-state index >= 15 is 0 Å². The summed E-state index contributed by atoms with van der Waals surface area (Å²) >= 11 is 0. The average molecular weight is 422 g/mol. The molecule has 0 aliphatic heterocycles. The van der Waals surface area contributed by atoms with E-state index in [0.717, 1.165) is 12.1 Å². The van der Waals surface area contributed by atoms with Crippen LogP contribution < -0.4 is 11.1 Å². The number of halogens is 1. The van der Waals surface area contributed by atoms with Gasteiger partial charge in [0.2, 0.25) is 0 Å². The summed E-state index contributed by atoms with van der Waals surface area (Å²) in [5.74, 6) is 0.785. The molecular formula is C15H27IN4O2. The molecule has 1 heterocycles. The molecule has 126 valence electrons. The van der Waals surface area contributed by atoms with Gasteiger partial charge in [0, 0.05) is 31.5 Å². The summed E-state index contributed by atoms with van der Waals surface area (Å²) in [5.41, 5.74) is 6.73. The third-order valence-electron chi connectivity index (χ3n) is 2.65. The number of pyridine rings is 1. The van der Waals surface area contributed by atoms with E-state index in [2.05, 4.69) is 29.1 Å². The molecule has 0 aliphatic carbocycles. The van der Waals surface area contributed by atoms with E-state index in [1.165, 1.54) is 0 Å². The Hall–Kier alpha value is -0.930. The molecule has 0 radical (unpaired) electrons. The molecular weight excluding hydrogens is 395 g/mol. The Bertz CT molecular complexity index is 415. The Balaban J connectivity index is 0.00000441. The van der Waals surface area contributed by atoms with Crippen molar-refractivity contribution in [3.05, 3.63) is 30.1 Å². The Morgan fingerprint density at radius 2 is 2.18 bits per heavy atom. The minimum atomic E-state index is -0.625. The van der Waals surface area contributed by atoms with Crippen molar-refractivity contribution < 1.29 is 9.84 Å². The van der Waals surface area contributed by atoms with Crippen LogP contribution in [-0.4, -0.2) is 48.5 Å². The molecule has 1 unspecified atom stereocenters. The minimum Gasteiger partial charge on any atom is -0.389 e. The molecule has 0 aromatic carbocycles. The Kier molecular flexibility index (Phi) is 12.1. The summed E-state index contributed by atoms with van der Waals surface area (Å²) in [6.07, 6.45) is 1.91. The number of nitrogens with zero attached hydrogens (tertiary/aromatic N) is 2. The Labute approximate surface area is 149 Å². The molecule has 0 amide bonds. The standard InChI is InChI=1S/C15H26N4O2.HI/c1-12(2)10-21-11-14(20)9-19-15(16)18-8-6-13-5-3-4-7-17-13;/h3-5,7,12,14,20H,6,8-11H2,1-2H3,(H3,16,18,19);1H. The van der Waals surface area contributed by atoms with Gasteiger partial charge in [0.15, 0.2) is 5.96 Å². The SMILES string of the molecule is CC(C)COCC(O)CN=C(N)NCCc1ccccn1.I. The minimum absolute atomic E-state index is 0. The van der Waals surface area contributed by atoms with Gasteiger partial charge in [-0.25, -0.2) is 0 Å². The lowest BCUT2D eigenvalue weighted by Gasteiger charge is -2.11. The zero-order valence-electron chi connectivity index (χ0n) is 13.2. The molecule has 1 aromatic heterocycles. The van der Waals surface area contributed by atoms with Crippen molar-refractivity contribution >= 4 is 29.9 Å². The fraction of sp³-hybridized carbons (Fsp3) is 0.600. The van der Waals surface area contributed by atoms with E-state index in [1.807, 2.05) is 18.2 Å². The fourth-order valence-corrected chi connectivity index (χ4v) is 1.62. The van der Waals surface area contributed by atoms with Crippen molar-refractivity contribution in [1.82, 2.24) is 10.3 Å². The molecule has 4 N–H and O–H groups in total. The second kappa shape index (κ2) is 12.6. The van der Waals surface area contributed by atoms with Gasteiger partial charge in [0.25, 0.3) is 0 Å². The van der Waals surface area contributed by atoms with Gasteiger partial charge in [-0.2, -0.15) is 0 Å². The van der Waals surface area contributed by atoms with Crippen LogP contribution in [0.25, 0.3) is 0 Å². The first-order chi connectivity index (χ1) is 10.1. The topological polar surface area (TPSA) is 92.8 Å². The number of aliphatic hydroxyl groups excluding tert-OH is 1. The molecule has 0 fully saturated rings. The third kappa shape index (κ3) is 10.7. The number of guanidine groups is 1. The molecule has 0 saturated heterocycles. The fourth-order valence-electron chi connectivity index (χ4n) is 1.62. The van der Waals surface area contributed by atoms with E-state index in [-0.39, 0.29) is 37.1 Å². The van der Waals surface area contributed by atoms with Gasteiger partial charge in [-0.1, -0.05) is 19.9 Å². The van der Waals surface area contributed by atoms with Crippen LogP contribution >= 0.6 is 24.0 Å². The number of nitrogens with two attached hydrogens (primary N) is 1. The van der Waals surface area contributed by atoms with Crippen LogP contribution in [0.1, 0.15) is 19.5 Å². The molecule has 6 nitrogen and oxygen atoms in total. The summed E-state index contributed by atoms with van der Waals surface area (Å²) < 4.78 is 5.34. The molecule has 0 aliphatic rings. The van der Waals surface area contributed by atoms with Gasteiger partial charge in [-0.3, -0.25) is 9.98 Å². The summed E-state index contributed by atoms with van der Waals surface area (Å²) in [4.78, 5) is 8.31.